The molecule has 0 spiro atoms. The fourth-order valence-electron chi connectivity index (χ4n) is 2.69. The van der Waals surface area contributed by atoms with Gasteiger partial charge in [-0.15, -0.1) is 0 Å². The van der Waals surface area contributed by atoms with E-state index >= 15 is 0 Å². The van der Waals surface area contributed by atoms with Gasteiger partial charge in [0, 0.05) is 18.2 Å². The van der Waals surface area contributed by atoms with Gasteiger partial charge in [-0.2, -0.15) is 5.10 Å². The number of hydrogen-bond donors (Lipinski definition) is 3. The van der Waals surface area contributed by atoms with Crippen LogP contribution in [0.2, 0.25) is 5.02 Å². The van der Waals surface area contributed by atoms with Crippen molar-refractivity contribution in [1.29, 1.82) is 0 Å². The molecule has 3 rings (SSSR count). The van der Waals surface area contributed by atoms with E-state index in [1.165, 1.54) is 0 Å². The van der Waals surface area contributed by atoms with Crippen LogP contribution in [0.1, 0.15) is 63.6 Å². The zero-order valence-corrected chi connectivity index (χ0v) is 20.1. The zero-order chi connectivity index (χ0) is 23.6. The van der Waals surface area contributed by atoms with Gasteiger partial charge in [0.25, 0.3) is 5.91 Å². The Morgan fingerprint density at radius 1 is 1.06 bits per heavy atom. The van der Waals surface area contributed by atoms with Crippen molar-refractivity contribution in [2.75, 3.05) is 10.6 Å². The highest BCUT2D eigenvalue weighted by Gasteiger charge is 2.12. The maximum Gasteiger partial charge on any atom is 0.250 e. The van der Waals surface area contributed by atoms with Crippen LogP contribution in [0.5, 0.6) is 0 Å². The number of hydrogen-bond acceptors (Lipinski definition) is 5. The first kappa shape index (κ1) is 26.0. The molecule has 31 heavy (non-hydrogen) atoms. The molecular weight excluding hydrogens is 412 g/mol. The number of pyridine rings is 1. The van der Waals surface area contributed by atoms with Crippen molar-refractivity contribution < 1.29 is 4.79 Å². The van der Waals surface area contributed by atoms with Crippen molar-refractivity contribution >= 4 is 40.5 Å². The number of amides is 1. The summed E-state index contributed by atoms with van der Waals surface area (Å²) in [6.07, 6.45) is 1.54. The summed E-state index contributed by atoms with van der Waals surface area (Å²) in [4.78, 5) is 16.0. The molecule has 0 fully saturated rings. The van der Waals surface area contributed by atoms with Gasteiger partial charge in [0.2, 0.25) is 0 Å². The van der Waals surface area contributed by atoms with Crippen LogP contribution in [0.3, 0.4) is 0 Å². The molecule has 0 atom stereocenters. The molecule has 0 aliphatic rings. The van der Waals surface area contributed by atoms with E-state index in [-0.39, 0.29) is 6.04 Å². The quantitative estimate of drug-likeness (QED) is 0.405. The molecule has 0 aliphatic heterocycles. The minimum Gasteiger partial charge on any atom is -0.366 e. The first-order valence-corrected chi connectivity index (χ1v) is 10.9. The number of carbonyl (C=O) groups is 1. The molecular formula is C23H33ClN6O. The maximum atomic E-state index is 11.6. The van der Waals surface area contributed by atoms with Gasteiger partial charge >= 0.3 is 0 Å². The van der Waals surface area contributed by atoms with Crippen LogP contribution in [0.15, 0.2) is 42.6 Å². The Kier molecular flexibility index (Phi) is 10.6. The summed E-state index contributed by atoms with van der Waals surface area (Å²) in [6, 6.07) is 10.9. The monoisotopic (exact) mass is 444 g/mol. The third-order valence-corrected chi connectivity index (χ3v) is 4.22. The van der Waals surface area contributed by atoms with E-state index in [0.29, 0.717) is 27.8 Å². The van der Waals surface area contributed by atoms with Gasteiger partial charge in [-0.25, -0.2) is 9.67 Å². The van der Waals surface area contributed by atoms with Crippen molar-refractivity contribution in [2.24, 2.45) is 5.73 Å². The highest BCUT2D eigenvalue weighted by molar-refractivity contribution is 6.33. The minimum atomic E-state index is -0.516. The maximum absolute atomic E-state index is 11.6. The number of nitrogens with zero attached hydrogens (tertiary/aromatic N) is 3. The van der Waals surface area contributed by atoms with Gasteiger partial charge in [0.15, 0.2) is 0 Å². The molecule has 0 aliphatic carbocycles. The summed E-state index contributed by atoms with van der Waals surface area (Å²) in [7, 11) is 0. The van der Waals surface area contributed by atoms with Gasteiger partial charge < -0.3 is 16.4 Å². The lowest BCUT2D eigenvalue weighted by Crippen LogP contribution is -2.13. The Balaban J connectivity index is 0.00000113. The van der Waals surface area contributed by atoms with Crippen LogP contribution in [0.4, 0.5) is 23.0 Å². The molecule has 0 saturated carbocycles. The van der Waals surface area contributed by atoms with Gasteiger partial charge in [-0.05, 0) is 32.9 Å². The Hall–Kier alpha value is -3.06. The minimum absolute atomic E-state index is 0.202. The second-order valence-electron chi connectivity index (χ2n) is 6.42. The summed E-state index contributed by atoms with van der Waals surface area (Å²) in [5, 5.41) is 11.3. The Labute approximate surface area is 190 Å². The summed E-state index contributed by atoms with van der Waals surface area (Å²) in [5.74, 6) is 0.916. The zero-order valence-electron chi connectivity index (χ0n) is 19.3. The number of halogens is 1. The van der Waals surface area contributed by atoms with E-state index in [9.17, 15) is 4.79 Å². The molecule has 0 unspecified atom stereocenters. The number of anilines is 4. The normalized spacial score (nSPS) is 9.84. The molecule has 0 radical (unpaired) electrons. The molecule has 8 heteroatoms. The summed E-state index contributed by atoms with van der Waals surface area (Å²) in [5.41, 5.74) is 7.92. The smallest absolute Gasteiger partial charge is 0.250 e. The second-order valence-corrected chi connectivity index (χ2v) is 6.83. The number of nitrogens with two attached hydrogens (primary N) is 1. The summed E-state index contributed by atoms with van der Waals surface area (Å²) < 4.78 is 1.89. The third-order valence-electron chi connectivity index (χ3n) is 3.92. The first-order valence-electron chi connectivity index (χ1n) is 10.5. The fourth-order valence-corrected chi connectivity index (χ4v) is 2.84. The molecule has 1 amide bonds. The number of aryl methyl sites for hydroxylation is 1. The molecule has 7 nitrogen and oxygen atoms in total. The molecule has 0 bridgehead atoms. The van der Waals surface area contributed by atoms with Crippen LogP contribution in [0, 0.1) is 6.92 Å². The molecule has 2 aromatic heterocycles. The highest BCUT2D eigenvalue weighted by Crippen LogP contribution is 2.30. The molecule has 2 heterocycles. The Morgan fingerprint density at radius 2 is 1.71 bits per heavy atom. The predicted molar refractivity (Wildman–Crippen MR) is 131 cm³/mol. The van der Waals surface area contributed by atoms with E-state index in [2.05, 4.69) is 34.6 Å². The van der Waals surface area contributed by atoms with Crippen molar-refractivity contribution in [2.45, 2.75) is 54.5 Å². The van der Waals surface area contributed by atoms with Crippen LogP contribution in [-0.4, -0.2) is 20.7 Å². The molecule has 3 aromatic rings. The van der Waals surface area contributed by atoms with Crippen LogP contribution < -0.4 is 16.4 Å². The Bertz CT molecular complexity index is 984. The van der Waals surface area contributed by atoms with E-state index in [1.54, 1.807) is 30.5 Å². The topological polar surface area (TPSA) is 97.9 Å². The lowest BCUT2D eigenvalue weighted by atomic mass is 10.1. The van der Waals surface area contributed by atoms with E-state index in [0.717, 1.165) is 11.5 Å². The lowest BCUT2D eigenvalue weighted by molar-refractivity contribution is 0.100. The van der Waals surface area contributed by atoms with Gasteiger partial charge in [-0.1, -0.05) is 51.4 Å². The predicted octanol–water partition coefficient (Wildman–Crippen LogP) is 6.46. The molecule has 168 valence electrons. The average molecular weight is 445 g/mol. The number of primary amides is 1. The van der Waals surface area contributed by atoms with Crippen LogP contribution >= 0.6 is 11.6 Å². The fraction of sp³-hybridized carbons (Fsp3) is 0.348. The van der Waals surface area contributed by atoms with Crippen molar-refractivity contribution in [3.8, 4) is 0 Å². The standard InChI is InChI=1S/C19H21ClN6O.2C2H6/c1-11(2)26-18(8-12(3)25-26)24-17-9-16(14(20)10-22-17)23-15-7-5-4-6-13(15)19(21)27;2*1-2/h4-11H,1-3H3,(H2,21,27)(H2,22,23,24);2*1-2H3. The number of nitrogens with one attached hydrogen (secondary N) is 2. The second kappa shape index (κ2) is 12.6. The Morgan fingerprint density at radius 3 is 2.32 bits per heavy atom. The number of benzene rings is 1. The highest BCUT2D eigenvalue weighted by atomic mass is 35.5. The van der Waals surface area contributed by atoms with E-state index in [4.69, 9.17) is 17.3 Å². The van der Waals surface area contributed by atoms with Crippen LogP contribution in [-0.2, 0) is 0 Å². The SMILES string of the molecule is CC.CC.Cc1cc(Nc2cc(Nc3ccccc3C(N)=O)c(Cl)cn2)n(C(C)C)n1. The van der Waals surface area contributed by atoms with Crippen LogP contribution in [0.25, 0.3) is 0 Å². The number of para-hydroxylation sites is 1. The van der Waals surface area contributed by atoms with E-state index < -0.39 is 5.91 Å². The number of aromatic nitrogens is 3. The van der Waals surface area contributed by atoms with Gasteiger partial charge in [0.05, 0.1) is 33.9 Å². The van der Waals surface area contributed by atoms with Crippen molar-refractivity contribution in [3.05, 3.63) is 58.9 Å². The largest absolute Gasteiger partial charge is 0.366 e. The summed E-state index contributed by atoms with van der Waals surface area (Å²) in [6.45, 7) is 14.1. The van der Waals surface area contributed by atoms with Gasteiger partial charge in [0.1, 0.15) is 11.6 Å². The van der Waals surface area contributed by atoms with Crippen molar-refractivity contribution in [3.63, 3.8) is 0 Å². The van der Waals surface area contributed by atoms with Crippen molar-refractivity contribution in [1.82, 2.24) is 14.8 Å². The lowest BCUT2D eigenvalue weighted by Gasteiger charge is -2.15. The van der Waals surface area contributed by atoms with Gasteiger partial charge in [-0.3, -0.25) is 4.79 Å². The summed E-state index contributed by atoms with van der Waals surface area (Å²) >= 11 is 6.28. The van der Waals surface area contributed by atoms with E-state index in [1.807, 2.05) is 51.4 Å². The number of carbonyl (C=O) groups excluding carboxylic acids is 1. The molecule has 4 N–H and O–H groups in total. The number of rotatable bonds is 6. The molecule has 1 aromatic carbocycles. The average Bonchev–Trinajstić information content (AvgIpc) is 3.14. The molecule has 0 saturated heterocycles. The first-order chi connectivity index (χ1) is 14.8. The third kappa shape index (κ3) is 7.00.